The molecular formula is C11H20O. The fourth-order valence-corrected chi connectivity index (χ4v) is 1.81. The molecule has 1 rings (SSSR count). The van der Waals surface area contributed by atoms with Gasteiger partial charge in [-0.3, -0.25) is 0 Å². The van der Waals surface area contributed by atoms with Crippen LogP contribution in [0.25, 0.3) is 0 Å². The fourth-order valence-electron chi connectivity index (χ4n) is 1.81. The summed E-state index contributed by atoms with van der Waals surface area (Å²) in [7, 11) is 0. The first-order valence-corrected chi connectivity index (χ1v) is 5.24. The number of aliphatic hydroxyl groups excluding tert-OH is 1. The summed E-state index contributed by atoms with van der Waals surface area (Å²) in [6.07, 6.45) is 9.52. The van der Waals surface area contributed by atoms with Crippen molar-refractivity contribution in [3.63, 3.8) is 0 Å². The summed E-state index contributed by atoms with van der Waals surface area (Å²) in [6.45, 7) is 2.22. The monoisotopic (exact) mass is 168 g/mol. The van der Waals surface area contributed by atoms with Crippen LogP contribution in [0.1, 0.15) is 58.3 Å². The molecule has 0 amide bonds. The standard InChI is InChI=1S/C11H20O/c1-2-3-4-7-10-8-5-6-9-11(10)12/h12H,2-9H2,1H3. The van der Waals surface area contributed by atoms with E-state index in [0.717, 1.165) is 19.3 Å². The second-order valence-corrected chi connectivity index (χ2v) is 3.71. The van der Waals surface area contributed by atoms with Crippen LogP contribution in [0.15, 0.2) is 11.3 Å². The topological polar surface area (TPSA) is 20.2 Å². The van der Waals surface area contributed by atoms with Gasteiger partial charge in [0, 0.05) is 6.42 Å². The quantitative estimate of drug-likeness (QED) is 0.630. The summed E-state index contributed by atoms with van der Waals surface area (Å²) >= 11 is 0. The highest BCUT2D eigenvalue weighted by atomic mass is 16.3. The zero-order valence-electron chi connectivity index (χ0n) is 8.10. The minimum atomic E-state index is 0.706. The molecule has 1 nitrogen and oxygen atoms in total. The van der Waals surface area contributed by atoms with E-state index in [-0.39, 0.29) is 0 Å². The Morgan fingerprint density at radius 1 is 1.17 bits per heavy atom. The molecular weight excluding hydrogens is 148 g/mol. The van der Waals surface area contributed by atoms with Crippen molar-refractivity contribution in [3.05, 3.63) is 11.3 Å². The first-order valence-electron chi connectivity index (χ1n) is 5.24. The molecule has 0 saturated heterocycles. The third-order valence-corrected chi connectivity index (χ3v) is 2.63. The molecule has 0 aromatic heterocycles. The van der Waals surface area contributed by atoms with Crippen molar-refractivity contribution in [1.29, 1.82) is 0 Å². The average Bonchev–Trinajstić information content (AvgIpc) is 2.09. The van der Waals surface area contributed by atoms with Crippen molar-refractivity contribution in [2.75, 3.05) is 0 Å². The molecule has 0 atom stereocenters. The molecule has 0 aromatic rings. The van der Waals surface area contributed by atoms with E-state index in [1.807, 2.05) is 0 Å². The van der Waals surface area contributed by atoms with Crippen LogP contribution in [0.5, 0.6) is 0 Å². The largest absolute Gasteiger partial charge is 0.512 e. The Kier molecular flexibility index (Phi) is 4.20. The molecule has 0 spiro atoms. The molecule has 1 N–H and O–H groups in total. The lowest BCUT2D eigenvalue weighted by Gasteiger charge is -2.15. The highest BCUT2D eigenvalue weighted by Gasteiger charge is 2.10. The van der Waals surface area contributed by atoms with Gasteiger partial charge in [0.15, 0.2) is 0 Å². The van der Waals surface area contributed by atoms with Crippen LogP contribution in [0.4, 0.5) is 0 Å². The van der Waals surface area contributed by atoms with Gasteiger partial charge < -0.3 is 5.11 Å². The Morgan fingerprint density at radius 3 is 2.58 bits per heavy atom. The minimum Gasteiger partial charge on any atom is -0.512 e. The van der Waals surface area contributed by atoms with Crippen molar-refractivity contribution < 1.29 is 5.11 Å². The number of aliphatic hydroxyl groups is 1. The van der Waals surface area contributed by atoms with Gasteiger partial charge in [-0.15, -0.1) is 0 Å². The van der Waals surface area contributed by atoms with Crippen molar-refractivity contribution in [1.82, 2.24) is 0 Å². The van der Waals surface area contributed by atoms with Crippen molar-refractivity contribution in [2.24, 2.45) is 0 Å². The Balaban J connectivity index is 2.28. The van der Waals surface area contributed by atoms with Crippen LogP contribution >= 0.6 is 0 Å². The smallest absolute Gasteiger partial charge is 0.0914 e. The van der Waals surface area contributed by atoms with E-state index in [4.69, 9.17) is 0 Å². The van der Waals surface area contributed by atoms with Gasteiger partial charge >= 0.3 is 0 Å². The number of hydrogen-bond donors (Lipinski definition) is 1. The van der Waals surface area contributed by atoms with Gasteiger partial charge in [-0.05, 0) is 37.7 Å². The minimum absolute atomic E-state index is 0.706. The summed E-state index contributed by atoms with van der Waals surface area (Å²) in [6, 6.07) is 0. The molecule has 0 bridgehead atoms. The maximum Gasteiger partial charge on any atom is 0.0914 e. The molecule has 0 fully saturated rings. The SMILES string of the molecule is CCCCCC1=C(O)CCCC1. The lowest BCUT2D eigenvalue weighted by atomic mass is 9.94. The van der Waals surface area contributed by atoms with Gasteiger partial charge in [0.25, 0.3) is 0 Å². The maximum absolute atomic E-state index is 9.55. The van der Waals surface area contributed by atoms with Crippen LogP contribution in [-0.2, 0) is 0 Å². The van der Waals surface area contributed by atoms with Crippen molar-refractivity contribution in [2.45, 2.75) is 58.3 Å². The molecule has 1 aliphatic carbocycles. The van der Waals surface area contributed by atoms with Crippen LogP contribution in [-0.4, -0.2) is 5.11 Å². The second-order valence-electron chi connectivity index (χ2n) is 3.71. The zero-order valence-corrected chi connectivity index (χ0v) is 8.10. The summed E-state index contributed by atoms with van der Waals surface area (Å²) in [4.78, 5) is 0. The molecule has 0 radical (unpaired) electrons. The second kappa shape index (κ2) is 5.23. The third kappa shape index (κ3) is 2.88. The van der Waals surface area contributed by atoms with Gasteiger partial charge in [0.05, 0.1) is 5.76 Å². The summed E-state index contributed by atoms with van der Waals surface area (Å²) in [5, 5.41) is 9.55. The third-order valence-electron chi connectivity index (χ3n) is 2.63. The normalized spacial score (nSPS) is 18.4. The average molecular weight is 168 g/mol. The van der Waals surface area contributed by atoms with E-state index in [1.54, 1.807) is 0 Å². The number of hydrogen-bond acceptors (Lipinski definition) is 1. The Bertz CT molecular complexity index is 158. The molecule has 0 aromatic carbocycles. The Hall–Kier alpha value is -0.460. The zero-order chi connectivity index (χ0) is 8.81. The summed E-state index contributed by atoms with van der Waals surface area (Å²) in [5.74, 6) is 0.706. The van der Waals surface area contributed by atoms with Crippen LogP contribution in [0.3, 0.4) is 0 Å². The first kappa shape index (κ1) is 9.63. The summed E-state index contributed by atoms with van der Waals surface area (Å²) in [5.41, 5.74) is 1.34. The maximum atomic E-state index is 9.55. The molecule has 1 heteroatoms. The number of allylic oxidation sites excluding steroid dienone is 2. The number of unbranched alkanes of at least 4 members (excludes halogenated alkanes) is 2. The van der Waals surface area contributed by atoms with E-state index in [0.29, 0.717) is 5.76 Å². The number of rotatable bonds is 4. The van der Waals surface area contributed by atoms with Gasteiger partial charge in [-0.2, -0.15) is 0 Å². The van der Waals surface area contributed by atoms with E-state index >= 15 is 0 Å². The van der Waals surface area contributed by atoms with E-state index in [1.165, 1.54) is 37.7 Å². The van der Waals surface area contributed by atoms with E-state index < -0.39 is 0 Å². The predicted molar refractivity (Wildman–Crippen MR) is 52.3 cm³/mol. The molecule has 0 saturated carbocycles. The molecule has 70 valence electrons. The van der Waals surface area contributed by atoms with Gasteiger partial charge in [0.2, 0.25) is 0 Å². The summed E-state index contributed by atoms with van der Waals surface area (Å²) < 4.78 is 0. The molecule has 1 aliphatic rings. The highest BCUT2D eigenvalue weighted by Crippen LogP contribution is 2.26. The molecule has 12 heavy (non-hydrogen) atoms. The van der Waals surface area contributed by atoms with Crippen molar-refractivity contribution in [3.8, 4) is 0 Å². The van der Waals surface area contributed by atoms with Crippen LogP contribution < -0.4 is 0 Å². The fraction of sp³-hybridized carbons (Fsp3) is 0.818. The van der Waals surface area contributed by atoms with Crippen molar-refractivity contribution >= 4 is 0 Å². The van der Waals surface area contributed by atoms with Gasteiger partial charge in [-0.1, -0.05) is 19.8 Å². The lowest BCUT2D eigenvalue weighted by molar-refractivity contribution is 0.354. The lowest BCUT2D eigenvalue weighted by Crippen LogP contribution is -1.99. The molecule has 0 unspecified atom stereocenters. The van der Waals surface area contributed by atoms with Gasteiger partial charge in [0.1, 0.15) is 0 Å². The van der Waals surface area contributed by atoms with Crippen LogP contribution in [0, 0.1) is 0 Å². The first-order chi connectivity index (χ1) is 5.84. The Morgan fingerprint density at radius 2 is 1.92 bits per heavy atom. The van der Waals surface area contributed by atoms with E-state index in [2.05, 4.69) is 6.92 Å². The van der Waals surface area contributed by atoms with E-state index in [9.17, 15) is 5.11 Å². The van der Waals surface area contributed by atoms with Crippen LogP contribution in [0.2, 0.25) is 0 Å². The highest BCUT2D eigenvalue weighted by molar-refractivity contribution is 5.10. The Labute approximate surface area is 75.5 Å². The van der Waals surface area contributed by atoms with Gasteiger partial charge in [-0.25, -0.2) is 0 Å². The predicted octanol–water partition coefficient (Wildman–Crippen LogP) is 3.95. The molecule has 0 aliphatic heterocycles. The molecule has 0 heterocycles.